The van der Waals surface area contributed by atoms with Gasteiger partial charge in [0.2, 0.25) is 5.91 Å². The first kappa shape index (κ1) is 24.5. The van der Waals surface area contributed by atoms with Crippen molar-refractivity contribution < 1.29 is 14.3 Å². The van der Waals surface area contributed by atoms with Crippen LogP contribution in [0.2, 0.25) is 0 Å². The fourth-order valence-electron chi connectivity index (χ4n) is 1.98. The first-order valence-corrected chi connectivity index (χ1v) is 8.30. The zero-order chi connectivity index (χ0) is 18.7. The third-order valence-corrected chi connectivity index (χ3v) is 3.09. The van der Waals surface area contributed by atoms with Crippen molar-refractivity contribution in [2.45, 2.75) is 32.9 Å². The molecule has 3 N–H and O–H groups in total. The van der Waals surface area contributed by atoms with E-state index in [9.17, 15) is 4.79 Å². The van der Waals surface area contributed by atoms with Gasteiger partial charge in [-0.3, -0.25) is 9.79 Å². The second-order valence-corrected chi connectivity index (χ2v) is 6.56. The highest BCUT2D eigenvalue weighted by molar-refractivity contribution is 14.0. The summed E-state index contributed by atoms with van der Waals surface area (Å²) in [5, 5.41) is 9.06. The molecule has 0 heterocycles. The van der Waals surface area contributed by atoms with Crippen molar-refractivity contribution in [3.8, 4) is 5.75 Å². The molecule has 1 aromatic carbocycles. The van der Waals surface area contributed by atoms with Gasteiger partial charge in [-0.15, -0.1) is 24.0 Å². The van der Waals surface area contributed by atoms with E-state index in [1.54, 1.807) is 14.2 Å². The Hall–Kier alpha value is -1.55. The summed E-state index contributed by atoms with van der Waals surface area (Å²) < 4.78 is 10.5. The number of aliphatic imine (C=N–C) groups is 1. The lowest BCUT2D eigenvalue weighted by Crippen LogP contribution is -2.48. The SMILES string of the molecule is CN=C(NCC(=O)NC(C)(C)C)NCc1ccc(OCCOC)cc1.I. The lowest BCUT2D eigenvalue weighted by Gasteiger charge is -2.21. The minimum atomic E-state index is -0.247. The summed E-state index contributed by atoms with van der Waals surface area (Å²) in [5.74, 6) is 1.31. The number of nitrogens with zero attached hydrogens (tertiary/aromatic N) is 1. The Kier molecular flexibility index (Phi) is 12.0. The summed E-state index contributed by atoms with van der Waals surface area (Å²) in [5.41, 5.74) is 0.837. The Labute approximate surface area is 173 Å². The lowest BCUT2D eigenvalue weighted by atomic mass is 10.1. The predicted octanol–water partition coefficient (Wildman–Crippen LogP) is 1.91. The standard InChI is InChI=1S/C18H30N4O3.HI/c1-18(2,3)22-16(23)13-21-17(19-4)20-12-14-6-8-15(9-7-14)25-11-10-24-5;/h6-9H,10-13H2,1-5H3,(H,22,23)(H2,19,20,21);1H. The quantitative estimate of drug-likeness (QED) is 0.230. The monoisotopic (exact) mass is 478 g/mol. The molecule has 8 heteroatoms. The molecule has 0 aliphatic rings. The molecule has 0 saturated heterocycles. The van der Waals surface area contributed by atoms with E-state index >= 15 is 0 Å². The molecule has 0 saturated carbocycles. The molecule has 0 aromatic heterocycles. The molecule has 0 aliphatic carbocycles. The highest BCUT2D eigenvalue weighted by Crippen LogP contribution is 2.11. The second kappa shape index (κ2) is 12.7. The van der Waals surface area contributed by atoms with Crippen molar-refractivity contribution in [3.63, 3.8) is 0 Å². The molecule has 148 valence electrons. The van der Waals surface area contributed by atoms with Crippen LogP contribution in [0.25, 0.3) is 0 Å². The highest BCUT2D eigenvalue weighted by Gasteiger charge is 2.13. The number of amides is 1. The fourth-order valence-corrected chi connectivity index (χ4v) is 1.98. The second-order valence-electron chi connectivity index (χ2n) is 6.56. The molecule has 1 rings (SSSR count). The number of carbonyl (C=O) groups is 1. The summed E-state index contributed by atoms with van der Waals surface area (Å²) in [6, 6.07) is 7.79. The van der Waals surface area contributed by atoms with Crippen LogP contribution in [0.15, 0.2) is 29.3 Å². The molecular weight excluding hydrogens is 447 g/mol. The Morgan fingerprint density at radius 1 is 1.12 bits per heavy atom. The van der Waals surface area contributed by atoms with Crippen LogP contribution in [0, 0.1) is 0 Å². The zero-order valence-electron chi connectivity index (χ0n) is 16.2. The summed E-state index contributed by atoms with van der Waals surface area (Å²) >= 11 is 0. The van der Waals surface area contributed by atoms with Gasteiger partial charge in [-0.2, -0.15) is 0 Å². The van der Waals surface area contributed by atoms with Crippen LogP contribution in [-0.2, 0) is 16.1 Å². The molecule has 0 aliphatic heterocycles. The van der Waals surface area contributed by atoms with E-state index in [2.05, 4.69) is 20.9 Å². The predicted molar refractivity (Wildman–Crippen MR) is 115 cm³/mol. The van der Waals surface area contributed by atoms with E-state index in [1.165, 1.54) is 0 Å². The molecule has 0 bridgehead atoms. The normalized spacial score (nSPS) is 11.3. The van der Waals surface area contributed by atoms with E-state index < -0.39 is 0 Å². The fraction of sp³-hybridized carbons (Fsp3) is 0.556. The smallest absolute Gasteiger partial charge is 0.239 e. The number of guanidine groups is 1. The van der Waals surface area contributed by atoms with Gasteiger partial charge < -0.3 is 25.4 Å². The molecule has 0 unspecified atom stereocenters. The summed E-state index contributed by atoms with van der Waals surface area (Å²) in [4.78, 5) is 15.9. The topological polar surface area (TPSA) is 84.0 Å². The van der Waals surface area contributed by atoms with Crippen LogP contribution in [0.5, 0.6) is 5.75 Å². The van der Waals surface area contributed by atoms with Crippen molar-refractivity contribution >= 4 is 35.8 Å². The van der Waals surface area contributed by atoms with Crippen LogP contribution in [-0.4, -0.2) is 51.3 Å². The Bertz CT molecular complexity index is 557. The van der Waals surface area contributed by atoms with Crippen LogP contribution < -0.4 is 20.7 Å². The summed E-state index contributed by atoms with van der Waals surface area (Å²) in [7, 11) is 3.32. The van der Waals surface area contributed by atoms with E-state index in [0.717, 1.165) is 11.3 Å². The van der Waals surface area contributed by atoms with Gasteiger partial charge in [-0.05, 0) is 38.5 Å². The van der Waals surface area contributed by atoms with Gasteiger partial charge in [-0.25, -0.2) is 0 Å². The number of rotatable bonds is 8. The molecule has 0 radical (unpaired) electrons. The summed E-state index contributed by atoms with van der Waals surface area (Å²) in [6.45, 7) is 7.69. The minimum Gasteiger partial charge on any atom is -0.491 e. The number of methoxy groups -OCH3 is 1. The van der Waals surface area contributed by atoms with Gasteiger partial charge >= 0.3 is 0 Å². The number of nitrogens with one attached hydrogen (secondary N) is 3. The number of ether oxygens (including phenoxy) is 2. The van der Waals surface area contributed by atoms with Crippen molar-refractivity contribution in [1.82, 2.24) is 16.0 Å². The highest BCUT2D eigenvalue weighted by atomic mass is 127. The van der Waals surface area contributed by atoms with Crippen molar-refractivity contribution in [1.29, 1.82) is 0 Å². The van der Waals surface area contributed by atoms with Gasteiger partial charge in [-0.1, -0.05) is 12.1 Å². The van der Waals surface area contributed by atoms with E-state index in [4.69, 9.17) is 9.47 Å². The van der Waals surface area contributed by atoms with Gasteiger partial charge in [0, 0.05) is 26.2 Å². The van der Waals surface area contributed by atoms with Gasteiger partial charge in [0.15, 0.2) is 5.96 Å². The Morgan fingerprint density at radius 2 is 1.77 bits per heavy atom. The van der Waals surface area contributed by atoms with Gasteiger partial charge in [0.1, 0.15) is 12.4 Å². The van der Waals surface area contributed by atoms with Crippen LogP contribution in [0.4, 0.5) is 0 Å². The maximum absolute atomic E-state index is 11.8. The minimum absolute atomic E-state index is 0. The van der Waals surface area contributed by atoms with Crippen molar-refractivity contribution in [3.05, 3.63) is 29.8 Å². The van der Waals surface area contributed by atoms with E-state index in [1.807, 2.05) is 45.0 Å². The zero-order valence-corrected chi connectivity index (χ0v) is 18.5. The molecular formula is C18H31IN4O3. The maximum Gasteiger partial charge on any atom is 0.239 e. The number of hydrogen-bond donors (Lipinski definition) is 3. The molecule has 0 fully saturated rings. The molecule has 0 spiro atoms. The van der Waals surface area contributed by atoms with E-state index in [0.29, 0.717) is 25.7 Å². The largest absolute Gasteiger partial charge is 0.491 e. The first-order chi connectivity index (χ1) is 11.8. The number of carbonyl (C=O) groups excluding carboxylic acids is 1. The number of hydrogen-bond acceptors (Lipinski definition) is 4. The van der Waals surface area contributed by atoms with Crippen LogP contribution >= 0.6 is 24.0 Å². The van der Waals surface area contributed by atoms with Crippen molar-refractivity contribution in [2.75, 3.05) is 33.9 Å². The Balaban J connectivity index is 0.00000625. The van der Waals surface area contributed by atoms with Gasteiger partial charge in [0.25, 0.3) is 0 Å². The van der Waals surface area contributed by atoms with Crippen LogP contribution in [0.3, 0.4) is 0 Å². The third kappa shape index (κ3) is 11.1. The van der Waals surface area contributed by atoms with Crippen LogP contribution in [0.1, 0.15) is 26.3 Å². The molecule has 0 atom stereocenters. The molecule has 1 amide bonds. The lowest BCUT2D eigenvalue weighted by molar-refractivity contribution is -0.121. The average molecular weight is 478 g/mol. The summed E-state index contributed by atoms with van der Waals surface area (Å²) in [6.07, 6.45) is 0. The van der Waals surface area contributed by atoms with Gasteiger partial charge in [0.05, 0.1) is 13.2 Å². The molecule has 7 nitrogen and oxygen atoms in total. The van der Waals surface area contributed by atoms with Crippen molar-refractivity contribution in [2.24, 2.45) is 4.99 Å². The molecule has 26 heavy (non-hydrogen) atoms. The average Bonchev–Trinajstić information content (AvgIpc) is 2.55. The maximum atomic E-state index is 11.8. The molecule has 1 aromatic rings. The van der Waals surface area contributed by atoms with E-state index in [-0.39, 0.29) is 42.0 Å². The third-order valence-electron chi connectivity index (χ3n) is 3.09. The Morgan fingerprint density at radius 3 is 2.31 bits per heavy atom. The first-order valence-electron chi connectivity index (χ1n) is 8.30. The number of halogens is 1. The number of benzene rings is 1.